The third-order valence-corrected chi connectivity index (χ3v) is 6.35. The van der Waals surface area contributed by atoms with Gasteiger partial charge in [0.15, 0.2) is 11.4 Å². The van der Waals surface area contributed by atoms with E-state index in [0.29, 0.717) is 12.1 Å². The number of aromatic nitrogens is 1. The van der Waals surface area contributed by atoms with Gasteiger partial charge in [0.05, 0.1) is 0 Å². The number of fused-ring (bicyclic) bond motifs is 1. The topological polar surface area (TPSA) is 94.9 Å². The van der Waals surface area contributed by atoms with Gasteiger partial charge in [0.25, 0.3) is 11.8 Å². The van der Waals surface area contributed by atoms with Crippen molar-refractivity contribution in [3.05, 3.63) is 62.8 Å². The fourth-order valence-electron chi connectivity index (χ4n) is 3.87. The summed E-state index contributed by atoms with van der Waals surface area (Å²) in [4.78, 5) is 40.2. The molecule has 0 bridgehead atoms. The van der Waals surface area contributed by atoms with E-state index in [-0.39, 0.29) is 17.8 Å². The molecule has 2 heterocycles. The monoisotopic (exact) mass is 480 g/mol. The molecule has 0 fully saturated rings. The van der Waals surface area contributed by atoms with E-state index in [1.54, 1.807) is 19.1 Å². The summed E-state index contributed by atoms with van der Waals surface area (Å²) in [5.41, 5.74) is -2.50. The largest absolute Gasteiger partial charge is 0.502 e. The molecule has 3 rings (SSSR count). The Bertz CT molecular complexity index is 1160. The first-order valence-corrected chi connectivity index (χ1v) is 10.8. The van der Waals surface area contributed by atoms with E-state index in [4.69, 9.17) is 0 Å². The van der Waals surface area contributed by atoms with Gasteiger partial charge in [0.1, 0.15) is 23.0 Å². The van der Waals surface area contributed by atoms with E-state index >= 15 is 0 Å². The number of benzene rings is 1. The molecule has 0 saturated heterocycles. The van der Waals surface area contributed by atoms with Gasteiger partial charge in [-0.1, -0.05) is 0 Å². The van der Waals surface area contributed by atoms with Gasteiger partial charge in [0.2, 0.25) is 5.43 Å². The maximum atomic E-state index is 13.9. The summed E-state index contributed by atoms with van der Waals surface area (Å²) >= 11 is 0. The fraction of sp³-hybridized carbons (Fsp3) is 0.435. The number of hydrogen-bond donors (Lipinski definition) is 2. The van der Waals surface area contributed by atoms with Gasteiger partial charge in [-0.3, -0.25) is 19.1 Å². The van der Waals surface area contributed by atoms with Crippen LogP contribution in [0.25, 0.3) is 0 Å². The predicted octanol–water partition coefficient (Wildman–Crippen LogP) is 2.50. The van der Waals surface area contributed by atoms with Crippen LogP contribution in [-0.4, -0.2) is 52.7 Å². The Morgan fingerprint density at radius 1 is 1.09 bits per heavy atom. The van der Waals surface area contributed by atoms with Crippen LogP contribution in [0, 0.1) is 17.5 Å². The lowest BCUT2D eigenvalue weighted by atomic mass is 10.0. The van der Waals surface area contributed by atoms with Gasteiger partial charge in [0, 0.05) is 56.6 Å². The first-order valence-electron chi connectivity index (χ1n) is 10.8. The molecule has 2 unspecified atom stereocenters. The second-order valence-electron chi connectivity index (χ2n) is 8.56. The summed E-state index contributed by atoms with van der Waals surface area (Å²) in [7, 11) is 3.22. The van der Waals surface area contributed by atoms with Crippen molar-refractivity contribution >= 4 is 11.8 Å². The zero-order chi connectivity index (χ0) is 25.3. The lowest BCUT2D eigenvalue weighted by molar-refractivity contribution is 0.0712. The quantitative estimate of drug-likeness (QED) is 0.704. The van der Waals surface area contributed by atoms with E-state index in [1.807, 2.05) is 13.8 Å². The van der Waals surface area contributed by atoms with Crippen LogP contribution in [0.2, 0.25) is 0 Å². The van der Waals surface area contributed by atoms with Crippen LogP contribution < -0.4 is 15.8 Å². The minimum atomic E-state index is -1.20. The smallest absolute Gasteiger partial charge is 0.276 e. The molecule has 1 aromatic carbocycles. The molecule has 2 aromatic rings. The zero-order valence-corrected chi connectivity index (χ0v) is 19.4. The molecule has 1 aliphatic heterocycles. The van der Waals surface area contributed by atoms with Crippen molar-refractivity contribution in [1.82, 2.24) is 14.9 Å². The number of pyridine rings is 1. The molecule has 2 N–H and O–H groups in total. The van der Waals surface area contributed by atoms with Gasteiger partial charge >= 0.3 is 0 Å². The van der Waals surface area contributed by atoms with Crippen molar-refractivity contribution in [2.24, 2.45) is 0 Å². The molecule has 0 spiro atoms. The number of carbonyl (C=O) groups excluding carboxylic acids is 2. The molecule has 0 radical (unpaired) electrons. The average molecular weight is 480 g/mol. The summed E-state index contributed by atoms with van der Waals surface area (Å²) in [6.07, 6.45) is 3.44. The average Bonchev–Trinajstić information content (AvgIpc) is 2.77. The standard InChI is InChI=1S/C23H27F3N4O4/c1-12-6-5-7-13(2)29(4)30-11-16(20(31)21(32)19(30)23(34)28(12)3)22(33)27-10-15-17(25)8-14(24)9-18(15)26/h8-9,11-13,32H,5-7,10H2,1-4H3,(H,27,33). The van der Waals surface area contributed by atoms with Gasteiger partial charge in [-0.2, -0.15) is 0 Å². The summed E-state index contributed by atoms with van der Waals surface area (Å²) in [5, 5.41) is 14.5. The fourth-order valence-corrected chi connectivity index (χ4v) is 3.87. The normalized spacial score (nSPS) is 19.1. The minimum Gasteiger partial charge on any atom is -0.502 e. The number of amides is 2. The Morgan fingerprint density at radius 2 is 1.68 bits per heavy atom. The lowest BCUT2D eigenvalue weighted by Crippen LogP contribution is -2.47. The predicted molar refractivity (Wildman–Crippen MR) is 119 cm³/mol. The third kappa shape index (κ3) is 4.73. The van der Waals surface area contributed by atoms with Crippen molar-refractivity contribution in [3.8, 4) is 5.75 Å². The first-order chi connectivity index (χ1) is 15.9. The molecule has 2 atom stereocenters. The molecule has 1 aromatic heterocycles. The van der Waals surface area contributed by atoms with Crippen LogP contribution in [0.5, 0.6) is 5.75 Å². The molecule has 2 amide bonds. The highest BCUT2D eigenvalue weighted by Gasteiger charge is 2.31. The Kier molecular flexibility index (Phi) is 7.23. The summed E-state index contributed by atoms with van der Waals surface area (Å²) in [6, 6.07) is 0.695. The van der Waals surface area contributed by atoms with Crippen LogP contribution in [-0.2, 0) is 6.54 Å². The summed E-state index contributed by atoms with van der Waals surface area (Å²) in [6.45, 7) is 3.10. The molecule has 184 valence electrons. The molecule has 0 saturated carbocycles. The number of aromatic hydroxyl groups is 1. The van der Waals surface area contributed by atoms with E-state index in [0.717, 1.165) is 25.5 Å². The highest BCUT2D eigenvalue weighted by Crippen LogP contribution is 2.22. The van der Waals surface area contributed by atoms with E-state index in [1.165, 1.54) is 9.58 Å². The number of nitrogens with zero attached hydrogens (tertiary/aromatic N) is 3. The van der Waals surface area contributed by atoms with Crippen molar-refractivity contribution < 1.29 is 27.9 Å². The Hall–Kier alpha value is -3.50. The maximum Gasteiger partial charge on any atom is 0.276 e. The summed E-state index contributed by atoms with van der Waals surface area (Å²) in [5.74, 6) is -6.02. The van der Waals surface area contributed by atoms with E-state index in [9.17, 15) is 32.7 Å². The van der Waals surface area contributed by atoms with E-state index in [2.05, 4.69) is 5.32 Å². The number of hydrogen-bond acceptors (Lipinski definition) is 5. The Balaban J connectivity index is 2.04. The SMILES string of the molecule is CC1CCCC(C)N(C)n2cc(C(=O)NCc3c(F)cc(F)cc3F)c(=O)c(O)c2C(=O)N1C. The van der Waals surface area contributed by atoms with Crippen LogP contribution in [0.3, 0.4) is 0 Å². The van der Waals surface area contributed by atoms with Crippen LogP contribution in [0.1, 0.15) is 59.5 Å². The Morgan fingerprint density at radius 3 is 2.29 bits per heavy atom. The molecular formula is C23H27F3N4O4. The van der Waals surface area contributed by atoms with Crippen molar-refractivity contribution in [1.29, 1.82) is 0 Å². The number of rotatable bonds is 3. The van der Waals surface area contributed by atoms with E-state index < -0.39 is 58.1 Å². The highest BCUT2D eigenvalue weighted by atomic mass is 19.1. The number of carbonyl (C=O) groups is 2. The van der Waals surface area contributed by atoms with Gasteiger partial charge in [-0.05, 0) is 33.1 Å². The molecular weight excluding hydrogens is 453 g/mol. The second kappa shape index (κ2) is 9.78. The highest BCUT2D eigenvalue weighted by molar-refractivity contribution is 5.98. The van der Waals surface area contributed by atoms with Gasteiger partial charge in [-0.15, -0.1) is 0 Å². The first kappa shape index (κ1) is 25.1. The molecule has 8 nitrogen and oxygen atoms in total. The zero-order valence-electron chi connectivity index (χ0n) is 19.4. The minimum absolute atomic E-state index is 0.109. The summed E-state index contributed by atoms with van der Waals surface area (Å²) < 4.78 is 42.2. The molecule has 1 aliphatic rings. The van der Waals surface area contributed by atoms with Gasteiger partial charge in [-0.25, -0.2) is 13.2 Å². The lowest BCUT2D eigenvalue weighted by Gasteiger charge is -2.35. The number of halogens is 3. The van der Waals surface area contributed by atoms with Crippen molar-refractivity contribution in [2.75, 3.05) is 19.1 Å². The van der Waals surface area contributed by atoms with Crippen molar-refractivity contribution in [2.45, 2.75) is 51.7 Å². The van der Waals surface area contributed by atoms with Crippen molar-refractivity contribution in [3.63, 3.8) is 0 Å². The van der Waals surface area contributed by atoms with Crippen LogP contribution >= 0.6 is 0 Å². The molecule has 0 aliphatic carbocycles. The maximum absolute atomic E-state index is 13.9. The third-order valence-electron chi connectivity index (χ3n) is 6.35. The van der Waals surface area contributed by atoms with Crippen LogP contribution in [0.15, 0.2) is 23.1 Å². The van der Waals surface area contributed by atoms with Crippen LogP contribution in [0.4, 0.5) is 13.2 Å². The molecule has 34 heavy (non-hydrogen) atoms. The second-order valence-corrected chi connectivity index (χ2v) is 8.56. The Labute approximate surface area is 194 Å². The molecule has 11 heteroatoms. The number of nitrogens with one attached hydrogen (secondary N) is 1. The van der Waals surface area contributed by atoms with Gasteiger partial charge < -0.3 is 20.3 Å².